The fourth-order valence-electron chi connectivity index (χ4n) is 8.30. The summed E-state index contributed by atoms with van der Waals surface area (Å²) in [6, 6.07) is 20.8. The largest absolute Gasteiger partial charge is 0.451 e. The Balaban J connectivity index is 1.12. The Morgan fingerprint density at radius 2 is 0.812 bits per heavy atom. The molecule has 3 aromatic carbocycles. The Morgan fingerprint density at radius 3 is 1.17 bits per heavy atom. The van der Waals surface area contributed by atoms with Crippen LogP contribution in [0.5, 0.6) is 23.0 Å². The van der Waals surface area contributed by atoms with E-state index in [-0.39, 0.29) is 0 Å². The van der Waals surface area contributed by atoms with E-state index in [2.05, 4.69) is 62.4 Å². The van der Waals surface area contributed by atoms with Crippen molar-refractivity contribution in [3.63, 3.8) is 0 Å². The molecule has 5 rings (SSSR count). The van der Waals surface area contributed by atoms with Crippen LogP contribution < -0.4 is 20.9 Å². The number of nitrogens with two attached hydrogens (primary N) is 2. The summed E-state index contributed by atoms with van der Waals surface area (Å²) in [4.78, 5) is 0. The van der Waals surface area contributed by atoms with Gasteiger partial charge in [0.05, 0.1) is 11.4 Å². The summed E-state index contributed by atoms with van der Waals surface area (Å²) in [7, 11) is 0. The van der Waals surface area contributed by atoms with Crippen LogP contribution in [-0.4, -0.2) is 0 Å². The first-order chi connectivity index (χ1) is 23.5. The topological polar surface area (TPSA) is 70.5 Å². The van der Waals surface area contributed by atoms with Crippen molar-refractivity contribution < 1.29 is 9.47 Å². The van der Waals surface area contributed by atoms with E-state index in [1.165, 1.54) is 140 Å². The Bertz CT molecular complexity index is 1230. The number of hydrogen-bond donors (Lipinski definition) is 2. The number of hydrogen-bond acceptors (Lipinski definition) is 4. The lowest BCUT2D eigenvalue weighted by Gasteiger charge is -2.29. The van der Waals surface area contributed by atoms with E-state index in [9.17, 15) is 0 Å². The normalized spacial score (nSPS) is 21.2. The van der Waals surface area contributed by atoms with Gasteiger partial charge in [0, 0.05) is 0 Å². The molecule has 0 unspecified atom stereocenters. The fraction of sp³-hybridized carbons (Fsp3) is 0.591. The molecule has 48 heavy (non-hydrogen) atoms. The lowest BCUT2D eigenvalue weighted by Crippen LogP contribution is -2.13. The monoisotopic (exact) mass is 652 g/mol. The Labute approximate surface area is 292 Å². The summed E-state index contributed by atoms with van der Waals surface area (Å²) < 4.78 is 12.7. The highest BCUT2D eigenvalue weighted by molar-refractivity contribution is 5.72. The zero-order chi connectivity index (χ0) is 33.6. The molecular weight excluding hydrogens is 588 g/mol. The maximum Gasteiger partial charge on any atom is 0.194 e. The molecule has 2 aliphatic carbocycles. The Hall–Kier alpha value is -3.14. The van der Waals surface area contributed by atoms with Crippen molar-refractivity contribution in [2.45, 2.75) is 154 Å². The molecule has 0 amide bonds. The smallest absolute Gasteiger partial charge is 0.194 e. The molecule has 2 fully saturated rings. The summed E-state index contributed by atoms with van der Waals surface area (Å²) in [6.45, 7) is 4.58. The third-order valence-electron chi connectivity index (χ3n) is 11.4. The first-order valence-corrected chi connectivity index (χ1v) is 19.8. The zero-order valence-electron chi connectivity index (χ0n) is 30.2. The highest BCUT2D eigenvalue weighted by atomic mass is 16.5. The Morgan fingerprint density at radius 1 is 0.458 bits per heavy atom. The van der Waals surface area contributed by atoms with E-state index in [4.69, 9.17) is 20.9 Å². The van der Waals surface area contributed by atoms with Crippen LogP contribution in [0.4, 0.5) is 11.4 Å². The second kappa shape index (κ2) is 19.2. The van der Waals surface area contributed by atoms with Crippen molar-refractivity contribution >= 4 is 11.4 Å². The predicted octanol–water partition coefficient (Wildman–Crippen LogP) is 13.7. The number of benzene rings is 3. The van der Waals surface area contributed by atoms with Crippen molar-refractivity contribution in [3.8, 4) is 23.0 Å². The summed E-state index contributed by atoms with van der Waals surface area (Å²) in [5.74, 6) is 5.55. The van der Waals surface area contributed by atoms with Crippen LogP contribution in [0.15, 0.2) is 60.7 Å². The molecule has 4 nitrogen and oxygen atoms in total. The molecule has 0 heterocycles. The molecule has 4 heteroatoms. The van der Waals surface area contributed by atoms with E-state index in [0.29, 0.717) is 34.7 Å². The SMILES string of the molecule is CCCCCCCC1CCC(c2ccc(Oc3c(N)ccc(N)c3Oc3ccc(C4CCC(CCCCCCC)CC4)cc3)cc2)CC1. The zero-order valence-corrected chi connectivity index (χ0v) is 30.2. The van der Waals surface area contributed by atoms with Gasteiger partial charge in [0.25, 0.3) is 0 Å². The van der Waals surface area contributed by atoms with Gasteiger partial charge in [0.2, 0.25) is 0 Å². The number of ether oxygens (including phenoxy) is 2. The predicted molar refractivity (Wildman–Crippen MR) is 204 cm³/mol. The first-order valence-electron chi connectivity index (χ1n) is 19.8. The van der Waals surface area contributed by atoms with Gasteiger partial charge in [-0.15, -0.1) is 0 Å². The van der Waals surface area contributed by atoms with Crippen LogP contribution in [0.25, 0.3) is 0 Å². The lowest BCUT2D eigenvalue weighted by atomic mass is 9.77. The summed E-state index contributed by atoms with van der Waals surface area (Å²) >= 11 is 0. The van der Waals surface area contributed by atoms with Crippen LogP contribution >= 0.6 is 0 Å². The lowest BCUT2D eigenvalue weighted by molar-refractivity contribution is 0.302. The molecular formula is C44H64N2O2. The third kappa shape index (κ3) is 10.7. The first kappa shape index (κ1) is 36.1. The van der Waals surface area contributed by atoms with Gasteiger partial charge in [0.15, 0.2) is 11.5 Å². The number of unbranched alkanes of at least 4 members (excludes halogenated alkanes) is 8. The summed E-state index contributed by atoms with van der Waals surface area (Å²) in [6.07, 6.45) is 27.3. The molecule has 2 aliphatic rings. The van der Waals surface area contributed by atoms with Gasteiger partial charge < -0.3 is 20.9 Å². The van der Waals surface area contributed by atoms with Crippen LogP contribution in [0.2, 0.25) is 0 Å². The highest BCUT2D eigenvalue weighted by Gasteiger charge is 2.24. The van der Waals surface area contributed by atoms with Gasteiger partial charge in [0.1, 0.15) is 11.5 Å². The van der Waals surface area contributed by atoms with Crippen LogP contribution in [0.1, 0.15) is 165 Å². The number of nitrogen functional groups attached to an aromatic ring is 2. The molecule has 4 N–H and O–H groups in total. The van der Waals surface area contributed by atoms with E-state index in [1.54, 1.807) is 12.1 Å². The second-order valence-electron chi connectivity index (χ2n) is 15.1. The van der Waals surface area contributed by atoms with Gasteiger partial charge in [-0.25, -0.2) is 0 Å². The third-order valence-corrected chi connectivity index (χ3v) is 11.4. The van der Waals surface area contributed by atoms with Crippen molar-refractivity contribution in [2.75, 3.05) is 11.5 Å². The average molecular weight is 653 g/mol. The standard InChI is InChI=1S/C44H64N2O2/c1-3-5-7-9-11-13-33-15-19-35(20-16-33)37-23-27-39(28-24-37)47-43-41(45)31-32-42(46)44(43)48-40-29-25-38(26-30-40)36-21-17-34(18-22-36)14-12-10-8-6-4-2/h23-36H,3-22,45-46H2,1-2H3. The van der Waals surface area contributed by atoms with E-state index in [1.807, 2.05) is 0 Å². The molecule has 262 valence electrons. The minimum Gasteiger partial charge on any atom is -0.451 e. The molecule has 0 aliphatic heterocycles. The van der Waals surface area contributed by atoms with Crippen LogP contribution in [0.3, 0.4) is 0 Å². The maximum absolute atomic E-state index is 6.43. The minimum atomic E-state index is 0.472. The molecule has 0 aromatic heterocycles. The Kier molecular flexibility index (Phi) is 14.4. The quantitative estimate of drug-likeness (QED) is 0.106. The van der Waals surface area contributed by atoms with E-state index < -0.39 is 0 Å². The van der Waals surface area contributed by atoms with Crippen molar-refractivity contribution in [2.24, 2.45) is 11.8 Å². The second-order valence-corrected chi connectivity index (χ2v) is 15.1. The average Bonchev–Trinajstić information content (AvgIpc) is 3.12. The molecule has 0 spiro atoms. The van der Waals surface area contributed by atoms with Crippen LogP contribution in [0, 0.1) is 11.8 Å². The molecule has 2 saturated carbocycles. The van der Waals surface area contributed by atoms with Gasteiger partial charge in [-0.1, -0.05) is 115 Å². The van der Waals surface area contributed by atoms with E-state index in [0.717, 1.165) is 23.3 Å². The van der Waals surface area contributed by atoms with Gasteiger partial charge in [-0.3, -0.25) is 0 Å². The van der Waals surface area contributed by atoms with Crippen LogP contribution in [-0.2, 0) is 0 Å². The van der Waals surface area contributed by atoms with Gasteiger partial charge in [-0.2, -0.15) is 0 Å². The fourth-order valence-corrected chi connectivity index (χ4v) is 8.30. The molecule has 0 bridgehead atoms. The van der Waals surface area contributed by atoms with Crippen molar-refractivity contribution in [1.29, 1.82) is 0 Å². The molecule has 0 atom stereocenters. The molecule has 0 radical (unpaired) electrons. The summed E-state index contributed by atoms with van der Waals surface area (Å²) in [5, 5.41) is 0. The number of rotatable bonds is 18. The van der Waals surface area contributed by atoms with Crippen molar-refractivity contribution in [3.05, 3.63) is 71.8 Å². The van der Waals surface area contributed by atoms with E-state index >= 15 is 0 Å². The van der Waals surface area contributed by atoms with Crippen molar-refractivity contribution in [1.82, 2.24) is 0 Å². The van der Waals surface area contributed by atoms with Gasteiger partial charge >= 0.3 is 0 Å². The summed E-state index contributed by atoms with van der Waals surface area (Å²) in [5.41, 5.74) is 16.7. The number of anilines is 2. The maximum atomic E-state index is 6.43. The molecule has 3 aromatic rings. The van der Waals surface area contributed by atoms with Gasteiger partial charge in [-0.05, 0) is 123 Å². The highest BCUT2D eigenvalue weighted by Crippen LogP contribution is 2.45. The minimum absolute atomic E-state index is 0.472. The molecule has 0 saturated heterocycles.